The van der Waals surface area contributed by atoms with Crippen molar-refractivity contribution < 1.29 is 9.53 Å². The molecular formula is C13H17NO2. The average molecular weight is 219 g/mol. The Balaban J connectivity index is 2.08. The van der Waals surface area contributed by atoms with Crippen molar-refractivity contribution in [3.63, 3.8) is 0 Å². The second-order valence-electron chi connectivity index (χ2n) is 4.29. The molecule has 0 aliphatic carbocycles. The largest absolute Gasteiger partial charge is 0.366 e. The first-order valence-electron chi connectivity index (χ1n) is 5.67. The number of carbonyl (C=O) groups excluding carboxylic acids is 1. The van der Waals surface area contributed by atoms with Gasteiger partial charge in [-0.25, -0.2) is 0 Å². The number of ketones is 1. The molecule has 2 N–H and O–H groups in total. The normalized spacial score (nSPS) is 24.6. The maximum absolute atomic E-state index is 12.1. The van der Waals surface area contributed by atoms with Crippen LogP contribution in [0, 0.1) is 6.92 Å². The van der Waals surface area contributed by atoms with E-state index in [1.807, 2.05) is 31.2 Å². The number of benzene rings is 1. The van der Waals surface area contributed by atoms with E-state index >= 15 is 0 Å². The Bertz CT molecular complexity index is 389. The Labute approximate surface area is 95.6 Å². The number of aryl methyl sites for hydroxylation is 1. The Hall–Kier alpha value is -1.19. The molecule has 2 atom stereocenters. The van der Waals surface area contributed by atoms with E-state index in [1.165, 1.54) is 0 Å². The minimum Gasteiger partial charge on any atom is -0.366 e. The van der Waals surface area contributed by atoms with Gasteiger partial charge in [0, 0.05) is 12.1 Å². The van der Waals surface area contributed by atoms with Crippen LogP contribution in [0.3, 0.4) is 0 Å². The second-order valence-corrected chi connectivity index (χ2v) is 4.29. The fourth-order valence-corrected chi connectivity index (χ4v) is 2.06. The number of nitrogens with two attached hydrogens (primary N) is 1. The van der Waals surface area contributed by atoms with Gasteiger partial charge >= 0.3 is 0 Å². The predicted molar refractivity (Wildman–Crippen MR) is 62.5 cm³/mol. The van der Waals surface area contributed by atoms with Crippen LogP contribution in [0.25, 0.3) is 0 Å². The molecular weight excluding hydrogens is 202 g/mol. The number of carbonyl (C=O) groups is 1. The highest BCUT2D eigenvalue weighted by Crippen LogP contribution is 2.22. The van der Waals surface area contributed by atoms with Crippen LogP contribution in [0.15, 0.2) is 24.3 Å². The van der Waals surface area contributed by atoms with Gasteiger partial charge in [0.15, 0.2) is 5.78 Å². The van der Waals surface area contributed by atoms with Crippen LogP contribution in [0.1, 0.15) is 28.8 Å². The molecule has 1 aliphatic heterocycles. The zero-order valence-corrected chi connectivity index (χ0v) is 9.48. The maximum Gasteiger partial charge on any atom is 0.191 e. The van der Waals surface area contributed by atoms with Crippen LogP contribution in [0.5, 0.6) is 0 Å². The SMILES string of the molecule is Cc1cccc(C(=O)C2CCC(CN)O2)c1. The van der Waals surface area contributed by atoms with Crippen molar-refractivity contribution in [2.24, 2.45) is 5.73 Å². The summed E-state index contributed by atoms with van der Waals surface area (Å²) in [6, 6.07) is 7.63. The van der Waals surface area contributed by atoms with Crippen molar-refractivity contribution >= 4 is 5.78 Å². The molecule has 1 heterocycles. The van der Waals surface area contributed by atoms with Gasteiger partial charge in [-0.3, -0.25) is 4.79 Å². The molecule has 0 bridgehead atoms. The minimum atomic E-state index is -0.296. The van der Waals surface area contributed by atoms with Gasteiger partial charge in [0.2, 0.25) is 0 Å². The van der Waals surface area contributed by atoms with Gasteiger partial charge < -0.3 is 10.5 Å². The van der Waals surface area contributed by atoms with Gasteiger partial charge in [0.25, 0.3) is 0 Å². The van der Waals surface area contributed by atoms with Crippen molar-refractivity contribution in [1.29, 1.82) is 0 Å². The van der Waals surface area contributed by atoms with E-state index in [2.05, 4.69) is 0 Å². The minimum absolute atomic E-state index is 0.0544. The third kappa shape index (κ3) is 2.31. The molecule has 3 heteroatoms. The average Bonchev–Trinajstić information content (AvgIpc) is 2.76. The van der Waals surface area contributed by atoms with E-state index in [9.17, 15) is 4.79 Å². The van der Waals surface area contributed by atoms with Crippen molar-refractivity contribution in [2.45, 2.75) is 32.0 Å². The summed E-state index contributed by atoms with van der Waals surface area (Å²) in [5.41, 5.74) is 7.36. The van der Waals surface area contributed by atoms with Crippen LogP contribution >= 0.6 is 0 Å². The molecule has 2 unspecified atom stereocenters. The summed E-state index contributed by atoms with van der Waals surface area (Å²) in [6.45, 7) is 2.48. The van der Waals surface area contributed by atoms with Gasteiger partial charge in [0.1, 0.15) is 6.10 Å². The predicted octanol–water partition coefficient (Wildman–Crippen LogP) is 1.68. The molecule has 0 amide bonds. The standard InChI is InChI=1S/C13H17NO2/c1-9-3-2-4-10(7-9)13(15)12-6-5-11(8-14)16-12/h2-4,7,11-12H,5-6,8,14H2,1H3. The molecule has 3 nitrogen and oxygen atoms in total. The summed E-state index contributed by atoms with van der Waals surface area (Å²) >= 11 is 0. The highest BCUT2D eigenvalue weighted by atomic mass is 16.5. The quantitative estimate of drug-likeness (QED) is 0.787. The van der Waals surface area contributed by atoms with E-state index in [0.29, 0.717) is 6.54 Å². The zero-order valence-electron chi connectivity index (χ0n) is 9.48. The molecule has 1 fully saturated rings. The molecule has 1 aromatic rings. The molecule has 2 rings (SSSR count). The molecule has 86 valence electrons. The smallest absolute Gasteiger partial charge is 0.191 e. The second kappa shape index (κ2) is 4.76. The summed E-state index contributed by atoms with van der Waals surface area (Å²) < 4.78 is 5.59. The molecule has 16 heavy (non-hydrogen) atoms. The number of hydrogen-bond acceptors (Lipinski definition) is 3. The molecule has 1 saturated heterocycles. The van der Waals surface area contributed by atoms with Gasteiger partial charge in [-0.2, -0.15) is 0 Å². The number of hydrogen-bond donors (Lipinski definition) is 1. The molecule has 0 aromatic heterocycles. The van der Waals surface area contributed by atoms with Crippen molar-refractivity contribution in [1.82, 2.24) is 0 Å². The highest BCUT2D eigenvalue weighted by molar-refractivity contribution is 5.99. The summed E-state index contributed by atoms with van der Waals surface area (Å²) in [5, 5.41) is 0. The number of rotatable bonds is 3. The lowest BCUT2D eigenvalue weighted by molar-refractivity contribution is 0.0404. The first kappa shape index (κ1) is 11.3. The molecule has 0 radical (unpaired) electrons. The Kier molecular flexibility index (Phi) is 3.36. The van der Waals surface area contributed by atoms with Crippen LogP contribution in [0.4, 0.5) is 0 Å². The Morgan fingerprint density at radius 1 is 1.50 bits per heavy atom. The zero-order chi connectivity index (χ0) is 11.5. The molecule has 1 aromatic carbocycles. The summed E-state index contributed by atoms with van der Waals surface area (Å²) in [6.07, 6.45) is 1.43. The van der Waals surface area contributed by atoms with E-state index in [4.69, 9.17) is 10.5 Å². The van der Waals surface area contributed by atoms with E-state index in [1.54, 1.807) is 0 Å². The summed E-state index contributed by atoms with van der Waals surface area (Å²) in [4.78, 5) is 12.1. The van der Waals surface area contributed by atoms with Gasteiger partial charge in [-0.15, -0.1) is 0 Å². The van der Waals surface area contributed by atoms with E-state index in [-0.39, 0.29) is 18.0 Å². The number of Topliss-reactive ketones (excluding diaryl/α,β-unsaturated/α-hetero) is 1. The topological polar surface area (TPSA) is 52.3 Å². The third-order valence-electron chi connectivity index (χ3n) is 2.97. The lowest BCUT2D eigenvalue weighted by Gasteiger charge is -2.11. The maximum atomic E-state index is 12.1. The fraction of sp³-hybridized carbons (Fsp3) is 0.462. The highest BCUT2D eigenvalue weighted by Gasteiger charge is 2.30. The lowest BCUT2D eigenvalue weighted by atomic mass is 10.0. The van der Waals surface area contributed by atoms with Crippen LogP contribution < -0.4 is 5.73 Å². The van der Waals surface area contributed by atoms with Crippen LogP contribution in [-0.4, -0.2) is 24.5 Å². The first-order valence-corrected chi connectivity index (χ1v) is 5.67. The van der Waals surface area contributed by atoms with Gasteiger partial charge in [-0.05, 0) is 25.8 Å². The van der Waals surface area contributed by atoms with E-state index < -0.39 is 0 Å². The van der Waals surface area contributed by atoms with Crippen molar-refractivity contribution in [3.8, 4) is 0 Å². The molecule has 0 saturated carbocycles. The monoisotopic (exact) mass is 219 g/mol. The molecule has 0 spiro atoms. The van der Waals surface area contributed by atoms with Crippen LogP contribution in [0.2, 0.25) is 0 Å². The Morgan fingerprint density at radius 3 is 2.94 bits per heavy atom. The van der Waals surface area contributed by atoms with Crippen molar-refractivity contribution in [2.75, 3.05) is 6.54 Å². The molecule has 1 aliphatic rings. The first-order chi connectivity index (χ1) is 7.70. The van der Waals surface area contributed by atoms with Gasteiger partial charge in [0.05, 0.1) is 6.10 Å². The Morgan fingerprint density at radius 2 is 2.31 bits per heavy atom. The fourth-order valence-electron chi connectivity index (χ4n) is 2.06. The summed E-state index contributed by atoms with van der Waals surface area (Å²) in [7, 11) is 0. The third-order valence-corrected chi connectivity index (χ3v) is 2.97. The van der Waals surface area contributed by atoms with E-state index in [0.717, 1.165) is 24.0 Å². The van der Waals surface area contributed by atoms with Crippen LogP contribution in [-0.2, 0) is 4.74 Å². The van der Waals surface area contributed by atoms with Crippen molar-refractivity contribution in [3.05, 3.63) is 35.4 Å². The lowest BCUT2D eigenvalue weighted by Crippen LogP contribution is -2.25. The van der Waals surface area contributed by atoms with Gasteiger partial charge in [-0.1, -0.05) is 23.8 Å². The number of ether oxygens (including phenoxy) is 1. The summed E-state index contributed by atoms with van der Waals surface area (Å²) in [5.74, 6) is 0.0830.